The molecular weight excluding hydrogens is 413 g/mol. The van der Waals surface area contributed by atoms with Crippen LogP contribution in [0.4, 0.5) is 10.1 Å². The minimum absolute atomic E-state index is 0.159. The Bertz CT molecular complexity index is 1230. The van der Waals surface area contributed by atoms with Gasteiger partial charge in [0, 0.05) is 12.4 Å². The standard InChI is InChI=1S/C23H22FN5OS/c1-15-7-9-19(10-8-15)29-17(3)22(16(2)27-29)26-21(30)14-31-23-25-11-12-28(23)20-6-4-5-18(24)13-20/h4-13H,14H2,1-3H3,(H,26,30). The van der Waals surface area contributed by atoms with E-state index < -0.39 is 0 Å². The molecule has 0 aliphatic carbocycles. The third-order valence-corrected chi connectivity index (χ3v) is 5.83. The fraction of sp³-hybridized carbons (Fsp3) is 0.174. The van der Waals surface area contributed by atoms with Gasteiger partial charge in [0.15, 0.2) is 5.16 Å². The molecule has 0 atom stereocenters. The molecule has 2 heterocycles. The maximum atomic E-state index is 13.6. The van der Waals surface area contributed by atoms with Gasteiger partial charge in [-0.25, -0.2) is 14.1 Å². The molecule has 158 valence electrons. The summed E-state index contributed by atoms with van der Waals surface area (Å²) < 4.78 is 17.1. The fourth-order valence-corrected chi connectivity index (χ4v) is 4.06. The van der Waals surface area contributed by atoms with Crippen molar-refractivity contribution >= 4 is 23.4 Å². The number of amides is 1. The Hall–Kier alpha value is -3.39. The summed E-state index contributed by atoms with van der Waals surface area (Å²) in [4.78, 5) is 16.9. The Morgan fingerprint density at radius 1 is 1.10 bits per heavy atom. The van der Waals surface area contributed by atoms with Crippen LogP contribution in [-0.4, -0.2) is 31.0 Å². The predicted molar refractivity (Wildman–Crippen MR) is 121 cm³/mol. The molecule has 0 spiro atoms. The van der Waals surface area contributed by atoms with Crippen molar-refractivity contribution in [2.75, 3.05) is 11.1 Å². The lowest BCUT2D eigenvalue weighted by Gasteiger charge is -2.09. The van der Waals surface area contributed by atoms with Gasteiger partial charge >= 0.3 is 0 Å². The first-order valence-electron chi connectivity index (χ1n) is 9.77. The fourth-order valence-electron chi connectivity index (χ4n) is 3.29. The molecule has 31 heavy (non-hydrogen) atoms. The van der Waals surface area contributed by atoms with Crippen molar-refractivity contribution in [3.05, 3.63) is 83.7 Å². The van der Waals surface area contributed by atoms with E-state index in [1.54, 1.807) is 29.1 Å². The van der Waals surface area contributed by atoms with Crippen LogP contribution in [0.25, 0.3) is 11.4 Å². The number of hydrogen-bond donors (Lipinski definition) is 1. The highest BCUT2D eigenvalue weighted by molar-refractivity contribution is 7.99. The molecule has 0 bridgehead atoms. The van der Waals surface area contributed by atoms with Crippen LogP contribution in [0.1, 0.15) is 17.0 Å². The maximum Gasteiger partial charge on any atom is 0.234 e. The molecule has 2 aromatic carbocycles. The molecule has 4 rings (SSSR count). The van der Waals surface area contributed by atoms with Crippen LogP contribution in [0.5, 0.6) is 0 Å². The highest BCUT2D eigenvalue weighted by atomic mass is 32.2. The van der Waals surface area contributed by atoms with Crippen molar-refractivity contribution in [2.24, 2.45) is 0 Å². The minimum atomic E-state index is -0.323. The second-order valence-electron chi connectivity index (χ2n) is 7.19. The maximum absolute atomic E-state index is 13.6. The Morgan fingerprint density at radius 3 is 2.61 bits per heavy atom. The number of aromatic nitrogens is 4. The number of aryl methyl sites for hydroxylation is 2. The molecule has 0 unspecified atom stereocenters. The molecule has 0 saturated heterocycles. The number of carbonyl (C=O) groups excluding carboxylic acids is 1. The molecule has 0 aliphatic rings. The zero-order valence-electron chi connectivity index (χ0n) is 17.5. The van der Waals surface area contributed by atoms with Gasteiger partial charge in [-0.3, -0.25) is 9.36 Å². The number of halogens is 1. The first kappa shape index (κ1) is 20.9. The molecular formula is C23H22FN5OS. The predicted octanol–water partition coefficient (Wildman–Crippen LogP) is 4.85. The molecule has 0 radical (unpaired) electrons. The smallest absolute Gasteiger partial charge is 0.234 e. The Labute approximate surface area is 184 Å². The largest absolute Gasteiger partial charge is 0.322 e. The molecule has 1 amide bonds. The number of carbonyl (C=O) groups is 1. The van der Waals surface area contributed by atoms with Crippen molar-refractivity contribution < 1.29 is 9.18 Å². The zero-order valence-corrected chi connectivity index (χ0v) is 18.3. The van der Waals surface area contributed by atoms with Gasteiger partial charge in [-0.1, -0.05) is 35.5 Å². The number of rotatable bonds is 6. The van der Waals surface area contributed by atoms with Gasteiger partial charge < -0.3 is 5.32 Å². The van der Waals surface area contributed by atoms with Crippen LogP contribution >= 0.6 is 11.8 Å². The summed E-state index contributed by atoms with van der Waals surface area (Å²) >= 11 is 1.29. The second-order valence-corrected chi connectivity index (χ2v) is 8.13. The van der Waals surface area contributed by atoms with Crippen LogP contribution < -0.4 is 5.32 Å². The third-order valence-electron chi connectivity index (χ3n) is 4.86. The molecule has 0 saturated carbocycles. The monoisotopic (exact) mass is 435 g/mol. The van der Waals surface area contributed by atoms with E-state index in [1.807, 2.05) is 49.7 Å². The summed E-state index contributed by atoms with van der Waals surface area (Å²) in [5.74, 6) is -0.314. The highest BCUT2D eigenvalue weighted by Gasteiger charge is 2.16. The molecule has 0 fully saturated rings. The summed E-state index contributed by atoms with van der Waals surface area (Å²) in [6.07, 6.45) is 3.37. The van der Waals surface area contributed by atoms with E-state index in [9.17, 15) is 9.18 Å². The summed E-state index contributed by atoms with van der Waals surface area (Å²) in [6.45, 7) is 5.84. The molecule has 2 aromatic heterocycles. The van der Waals surface area contributed by atoms with Gasteiger partial charge in [0.25, 0.3) is 0 Å². The van der Waals surface area contributed by atoms with Crippen LogP contribution in [0.2, 0.25) is 0 Å². The number of thioether (sulfide) groups is 1. The van der Waals surface area contributed by atoms with E-state index in [-0.39, 0.29) is 17.5 Å². The lowest BCUT2D eigenvalue weighted by atomic mass is 10.2. The van der Waals surface area contributed by atoms with Crippen molar-refractivity contribution in [1.29, 1.82) is 0 Å². The van der Waals surface area contributed by atoms with Crippen LogP contribution in [-0.2, 0) is 4.79 Å². The van der Waals surface area contributed by atoms with Crippen LogP contribution in [0.3, 0.4) is 0 Å². The average molecular weight is 436 g/mol. The summed E-state index contributed by atoms with van der Waals surface area (Å²) in [6, 6.07) is 14.3. The van der Waals surface area contributed by atoms with Crippen molar-refractivity contribution in [2.45, 2.75) is 25.9 Å². The molecule has 8 heteroatoms. The summed E-state index contributed by atoms with van der Waals surface area (Å²) in [5, 5.41) is 8.16. The van der Waals surface area contributed by atoms with Gasteiger partial charge in [-0.2, -0.15) is 5.10 Å². The number of nitrogens with zero attached hydrogens (tertiary/aromatic N) is 4. The third kappa shape index (κ3) is 4.54. The molecule has 4 aromatic rings. The SMILES string of the molecule is Cc1ccc(-n2nc(C)c(NC(=O)CSc3nccn3-c3cccc(F)c3)c2C)cc1. The average Bonchev–Trinajstić information content (AvgIpc) is 3.33. The van der Waals surface area contributed by atoms with Crippen molar-refractivity contribution in [3.8, 4) is 11.4 Å². The van der Waals surface area contributed by atoms with E-state index in [2.05, 4.69) is 15.4 Å². The van der Waals surface area contributed by atoms with E-state index in [4.69, 9.17) is 0 Å². The molecule has 0 aliphatic heterocycles. The van der Waals surface area contributed by atoms with Gasteiger partial charge in [0.2, 0.25) is 5.91 Å². The Morgan fingerprint density at radius 2 is 1.87 bits per heavy atom. The van der Waals surface area contributed by atoms with E-state index in [0.717, 1.165) is 17.1 Å². The van der Waals surface area contributed by atoms with Crippen LogP contribution in [0, 0.1) is 26.6 Å². The Balaban J connectivity index is 1.46. The van der Waals surface area contributed by atoms with E-state index >= 15 is 0 Å². The van der Waals surface area contributed by atoms with Gasteiger partial charge in [0.05, 0.1) is 34.2 Å². The van der Waals surface area contributed by atoms with Crippen molar-refractivity contribution in [1.82, 2.24) is 19.3 Å². The number of anilines is 1. The number of benzene rings is 2. The second kappa shape index (κ2) is 8.77. The number of hydrogen-bond acceptors (Lipinski definition) is 4. The van der Waals surface area contributed by atoms with Gasteiger partial charge in [-0.15, -0.1) is 0 Å². The topological polar surface area (TPSA) is 64.7 Å². The quantitative estimate of drug-likeness (QED) is 0.440. The summed E-state index contributed by atoms with van der Waals surface area (Å²) in [7, 11) is 0. The van der Waals surface area contributed by atoms with Crippen molar-refractivity contribution in [3.63, 3.8) is 0 Å². The van der Waals surface area contributed by atoms with E-state index in [1.165, 1.54) is 29.5 Å². The highest BCUT2D eigenvalue weighted by Crippen LogP contribution is 2.25. The summed E-state index contributed by atoms with van der Waals surface area (Å²) in [5.41, 5.74) is 5.09. The Kier molecular flexibility index (Phi) is 5.90. The number of nitrogens with one attached hydrogen (secondary N) is 1. The lowest BCUT2D eigenvalue weighted by molar-refractivity contribution is -0.113. The lowest BCUT2D eigenvalue weighted by Crippen LogP contribution is -2.15. The molecule has 1 N–H and O–H groups in total. The van der Waals surface area contributed by atoms with Gasteiger partial charge in [-0.05, 0) is 51.1 Å². The van der Waals surface area contributed by atoms with E-state index in [0.29, 0.717) is 16.5 Å². The van der Waals surface area contributed by atoms with Crippen LogP contribution in [0.15, 0.2) is 66.1 Å². The molecule has 6 nitrogen and oxygen atoms in total. The zero-order chi connectivity index (χ0) is 22.0. The minimum Gasteiger partial charge on any atom is -0.322 e. The first-order chi connectivity index (χ1) is 14.9. The number of imidazole rings is 1. The van der Waals surface area contributed by atoms with Gasteiger partial charge in [0.1, 0.15) is 5.82 Å². The first-order valence-corrected chi connectivity index (χ1v) is 10.8. The normalized spacial score (nSPS) is 11.0.